The highest BCUT2D eigenvalue weighted by Gasteiger charge is 2.22. The number of aromatic amines is 1. The molecule has 120 valence electrons. The van der Waals surface area contributed by atoms with Gasteiger partial charge in [-0.15, -0.1) is 0 Å². The molecular weight excluding hydrogens is 316 g/mol. The van der Waals surface area contributed by atoms with E-state index in [1.807, 2.05) is 0 Å². The number of H-pyrrole nitrogens is 1. The van der Waals surface area contributed by atoms with E-state index < -0.39 is 10.0 Å². The molecule has 0 radical (unpaired) electrons. The van der Waals surface area contributed by atoms with Gasteiger partial charge < -0.3 is 5.11 Å². The molecule has 7 nitrogen and oxygen atoms in total. The van der Waals surface area contributed by atoms with Crippen molar-refractivity contribution in [3.8, 4) is 5.88 Å². The summed E-state index contributed by atoms with van der Waals surface area (Å²) in [5.41, 5.74) is 2.53. The molecule has 0 amide bonds. The van der Waals surface area contributed by atoms with Crippen LogP contribution in [0.25, 0.3) is 10.9 Å². The first-order valence-electron chi connectivity index (χ1n) is 6.92. The van der Waals surface area contributed by atoms with Crippen molar-refractivity contribution in [1.29, 1.82) is 0 Å². The van der Waals surface area contributed by atoms with Gasteiger partial charge in [0.15, 0.2) is 0 Å². The zero-order valence-corrected chi connectivity index (χ0v) is 13.7. The molecule has 0 saturated carbocycles. The number of aryl methyl sites for hydroxylation is 3. The lowest BCUT2D eigenvalue weighted by Crippen LogP contribution is -2.14. The Morgan fingerprint density at radius 2 is 1.91 bits per heavy atom. The number of anilines is 1. The zero-order valence-electron chi connectivity index (χ0n) is 12.9. The van der Waals surface area contributed by atoms with Gasteiger partial charge >= 0.3 is 0 Å². The molecule has 0 aliphatic rings. The number of aromatic nitrogens is 3. The molecule has 2 heterocycles. The second-order valence-electron chi connectivity index (χ2n) is 5.40. The maximum atomic E-state index is 12.5. The fraction of sp³-hybridized carbons (Fsp3) is 0.200. The molecule has 0 unspecified atom stereocenters. The predicted molar refractivity (Wildman–Crippen MR) is 87.0 cm³/mol. The van der Waals surface area contributed by atoms with Gasteiger partial charge in [0.05, 0.1) is 16.9 Å². The van der Waals surface area contributed by atoms with E-state index in [0.29, 0.717) is 28.2 Å². The van der Waals surface area contributed by atoms with Gasteiger partial charge in [0.1, 0.15) is 4.90 Å². The minimum Gasteiger partial charge on any atom is -0.493 e. The van der Waals surface area contributed by atoms with E-state index in [2.05, 4.69) is 19.9 Å². The van der Waals surface area contributed by atoms with E-state index in [0.717, 1.165) is 5.39 Å². The average molecular weight is 332 g/mol. The van der Waals surface area contributed by atoms with E-state index in [9.17, 15) is 13.5 Å². The third-order valence-corrected chi connectivity index (χ3v) is 5.20. The maximum Gasteiger partial charge on any atom is 0.265 e. The highest BCUT2D eigenvalue weighted by molar-refractivity contribution is 7.92. The Kier molecular flexibility index (Phi) is 3.48. The second kappa shape index (κ2) is 5.24. The largest absolute Gasteiger partial charge is 0.493 e. The Hall–Kier alpha value is -2.61. The van der Waals surface area contributed by atoms with Crippen LogP contribution in [0.4, 0.5) is 5.69 Å². The molecule has 0 atom stereocenters. The highest BCUT2D eigenvalue weighted by atomic mass is 32.2. The predicted octanol–water partition coefficient (Wildman–Crippen LogP) is 2.39. The molecule has 1 aromatic carbocycles. The van der Waals surface area contributed by atoms with E-state index in [4.69, 9.17) is 0 Å². The molecule has 0 bridgehead atoms. The molecule has 3 aromatic rings. The van der Waals surface area contributed by atoms with E-state index >= 15 is 0 Å². The van der Waals surface area contributed by atoms with Crippen LogP contribution >= 0.6 is 0 Å². The highest BCUT2D eigenvalue weighted by Crippen LogP contribution is 2.26. The number of hydrogen-bond donors (Lipinski definition) is 3. The molecule has 3 rings (SSSR count). The number of benzene rings is 1. The zero-order chi connectivity index (χ0) is 16.8. The van der Waals surface area contributed by atoms with Crippen molar-refractivity contribution in [2.24, 2.45) is 0 Å². The Labute approximate surface area is 133 Å². The number of pyridine rings is 1. The number of fused-ring (bicyclic) bond motifs is 1. The maximum absolute atomic E-state index is 12.5. The number of nitrogens with one attached hydrogen (secondary N) is 2. The first-order chi connectivity index (χ1) is 10.8. The van der Waals surface area contributed by atoms with Gasteiger partial charge in [-0.1, -0.05) is 0 Å². The molecule has 3 N–H and O–H groups in total. The normalized spacial score (nSPS) is 11.8. The number of hydrogen-bond acceptors (Lipinski definition) is 5. The summed E-state index contributed by atoms with van der Waals surface area (Å²) in [4.78, 5) is 4.20. The van der Waals surface area contributed by atoms with Crippen LogP contribution in [0.15, 0.2) is 29.2 Å². The molecule has 0 fully saturated rings. The van der Waals surface area contributed by atoms with Crippen molar-refractivity contribution < 1.29 is 13.5 Å². The number of rotatable bonds is 3. The van der Waals surface area contributed by atoms with Crippen molar-refractivity contribution in [3.63, 3.8) is 0 Å². The number of nitrogens with zero attached hydrogens (tertiary/aromatic N) is 2. The molecule has 0 spiro atoms. The summed E-state index contributed by atoms with van der Waals surface area (Å²) in [6.45, 7) is 5.02. The van der Waals surface area contributed by atoms with Crippen LogP contribution in [0.1, 0.15) is 17.0 Å². The molecule has 0 saturated heterocycles. The third-order valence-electron chi connectivity index (χ3n) is 3.56. The SMILES string of the molecule is Cc1cc2cc(NS(=O)(=O)c3c(C)n[nH]c3C)ccc2nc1O. The van der Waals surface area contributed by atoms with Crippen molar-refractivity contribution in [3.05, 3.63) is 41.2 Å². The van der Waals surface area contributed by atoms with Crippen LogP contribution in [0.3, 0.4) is 0 Å². The number of sulfonamides is 1. The van der Waals surface area contributed by atoms with Crippen molar-refractivity contribution >= 4 is 26.6 Å². The van der Waals surface area contributed by atoms with Crippen LogP contribution in [0, 0.1) is 20.8 Å². The van der Waals surface area contributed by atoms with Gasteiger partial charge in [-0.25, -0.2) is 13.4 Å². The number of aromatic hydroxyl groups is 1. The van der Waals surface area contributed by atoms with Gasteiger partial charge in [0, 0.05) is 16.6 Å². The van der Waals surface area contributed by atoms with Crippen molar-refractivity contribution in [2.45, 2.75) is 25.7 Å². The smallest absolute Gasteiger partial charge is 0.265 e. The lowest BCUT2D eigenvalue weighted by atomic mass is 10.1. The molecular formula is C15H16N4O3S. The third kappa shape index (κ3) is 2.72. The van der Waals surface area contributed by atoms with Crippen LogP contribution in [0.5, 0.6) is 5.88 Å². The minimum absolute atomic E-state index is 0.0320. The Balaban J connectivity index is 2.03. The topological polar surface area (TPSA) is 108 Å². The standard InChI is InChI=1S/C15H16N4O3S/c1-8-6-11-7-12(4-5-13(11)16-15(8)20)19-23(21,22)14-9(2)17-18-10(14)3/h4-7,19H,1-3H3,(H,16,20)(H,17,18). The molecule has 2 aromatic heterocycles. The van der Waals surface area contributed by atoms with E-state index in [1.54, 1.807) is 45.0 Å². The van der Waals surface area contributed by atoms with Crippen LogP contribution < -0.4 is 4.72 Å². The van der Waals surface area contributed by atoms with E-state index in [1.165, 1.54) is 0 Å². The van der Waals surface area contributed by atoms with Gasteiger partial charge in [0.25, 0.3) is 10.0 Å². The van der Waals surface area contributed by atoms with Crippen molar-refractivity contribution in [2.75, 3.05) is 4.72 Å². The van der Waals surface area contributed by atoms with Gasteiger partial charge in [-0.05, 0) is 45.0 Å². The van der Waals surface area contributed by atoms with Crippen LogP contribution in [-0.4, -0.2) is 28.7 Å². The van der Waals surface area contributed by atoms with Crippen LogP contribution in [-0.2, 0) is 10.0 Å². The molecule has 23 heavy (non-hydrogen) atoms. The monoisotopic (exact) mass is 332 g/mol. The average Bonchev–Trinajstić information content (AvgIpc) is 2.80. The van der Waals surface area contributed by atoms with Gasteiger partial charge in [0.2, 0.25) is 5.88 Å². The molecule has 0 aliphatic carbocycles. The van der Waals surface area contributed by atoms with E-state index in [-0.39, 0.29) is 10.8 Å². The summed E-state index contributed by atoms with van der Waals surface area (Å²) in [7, 11) is -3.73. The van der Waals surface area contributed by atoms with Gasteiger partial charge in [-0.2, -0.15) is 5.10 Å². The summed E-state index contributed by atoms with van der Waals surface area (Å²) in [6, 6.07) is 6.69. The Morgan fingerprint density at radius 3 is 2.57 bits per heavy atom. The van der Waals surface area contributed by atoms with Crippen LogP contribution in [0.2, 0.25) is 0 Å². The van der Waals surface area contributed by atoms with Crippen molar-refractivity contribution in [1.82, 2.24) is 15.2 Å². The summed E-state index contributed by atoms with van der Waals surface area (Å²) in [5, 5.41) is 16.9. The summed E-state index contributed by atoms with van der Waals surface area (Å²) < 4.78 is 27.6. The van der Waals surface area contributed by atoms with Gasteiger partial charge in [-0.3, -0.25) is 9.82 Å². The lowest BCUT2D eigenvalue weighted by Gasteiger charge is -2.09. The second-order valence-corrected chi connectivity index (χ2v) is 7.02. The first kappa shape index (κ1) is 15.3. The molecule has 8 heteroatoms. The summed E-state index contributed by atoms with van der Waals surface area (Å²) in [5.74, 6) is -0.0320. The lowest BCUT2D eigenvalue weighted by molar-refractivity contribution is 0.451. The first-order valence-corrected chi connectivity index (χ1v) is 8.41. The Bertz CT molecular complexity index is 989. The summed E-state index contributed by atoms with van der Waals surface area (Å²) in [6.07, 6.45) is 0. The minimum atomic E-state index is -3.73. The summed E-state index contributed by atoms with van der Waals surface area (Å²) >= 11 is 0. The fourth-order valence-electron chi connectivity index (χ4n) is 2.48. The Morgan fingerprint density at radius 1 is 1.17 bits per heavy atom. The fourth-order valence-corrected chi connectivity index (χ4v) is 3.90. The quantitative estimate of drug-likeness (QED) is 0.682. The molecule has 0 aliphatic heterocycles.